The first-order valence-corrected chi connectivity index (χ1v) is 13.8. The van der Waals surface area contributed by atoms with E-state index in [1.807, 2.05) is 6.92 Å². The normalized spacial score (nSPS) is 24.8. The lowest BCUT2D eigenvalue weighted by atomic mass is 9.38. The molecule has 0 heterocycles. The van der Waals surface area contributed by atoms with Crippen molar-refractivity contribution in [3.63, 3.8) is 0 Å². The zero-order valence-corrected chi connectivity index (χ0v) is 24.0. The van der Waals surface area contributed by atoms with Crippen LogP contribution in [0.3, 0.4) is 0 Å². The number of esters is 2. The van der Waals surface area contributed by atoms with Gasteiger partial charge in [-0.15, -0.1) is 0 Å². The van der Waals surface area contributed by atoms with Crippen LogP contribution in [0, 0.1) is 33.5 Å². The second-order valence-corrected chi connectivity index (χ2v) is 10.8. The van der Waals surface area contributed by atoms with Gasteiger partial charge < -0.3 is 14.2 Å². The fourth-order valence-corrected chi connectivity index (χ4v) is 8.16. The minimum Gasteiger partial charge on any atom is -0.469 e. The van der Waals surface area contributed by atoms with Gasteiger partial charge in [0.1, 0.15) is 6.61 Å². The third-order valence-corrected chi connectivity index (χ3v) is 10.7. The number of carbonyl (C=O) groups excluding carboxylic acids is 2. The van der Waals surface area contributed by atoms with E-state index in [9.17, 15) is 9.59 Å². The molecule has 0 aliphatic heterocycles. The van der Waals surface area contributed by atoms with E-state index in [1.165, 1.54) is 0 Å². The van der Waals surface area contributed by atoms with Crippen LogP contribution in [0.5, 0.6) is 0 Å². The summed E-state index contributed by atoms with van der Waals surface area (Å²) >= 11 is 0. The lowest BCUT2D eigenvalue weighted by Gasteiger charge is -2.65. The molecule has 0 aromatic heterocycles. The molecule has 200 valence electrons. The van der Waals surface area contributed by atoms with Crippen LogP contribution >= 0.6 is 0 Å². The van der Waals surface area contributed by atoms with Crippen LogP contribution in [0.4, 0.5) is 0 Å². The predicted molar refractivity (Wildman–Crippen MR) is 139 cm³/mol. The van der Waals surface area contributed by atoms with Crippen LogP contribution in [0.25, 0.3) is 0 Å². The molecule has 5 nitrogen and oxygen atoms in total. The molecule has 34 heavy (non-hydrogen) atoms. The molecule has 0 radical (unpaired) electrons. The molecule has 0 spiro atoms. The van der Waals surface area contributed by atoms with Gasteiger partial charge in [-0.25, -0.2) is 0 Å². The van der Waals surface area contributed by atoms with Crippen LogP contribution in [0.1, 0.15) is 113 Å². The summed E-state index contributed by atoms with van der Waals surface area (Å²) in [6.45, 7) is 18.4. The molecule has 0 amide bonds. The van der Waals surface area contributed by atoms with Crippen LogP contribution in [-0.4, -0.2) is 39.4 Å². The quantitative estimate of drug-likeness (QED) is 0.172. The van der Waals surface area contributed by atoms with Crippen molar-refractivity contribution >= 4 is 11.9 Å². The summed E-state index contributed by atoms with van der Waals surface area (Å²) in [5.74, 6) is -0.0421. The van der Waals surface area contributed by atoms with Crippen LogP contribution in [-0.2, 0) is 23.8 Å². The molecule has 1 rings (SSSR count). The van der Waals surface area contributed by atoms with Gasteiger partial charge in [-0.2, -0.15) is 0 Å². The van der Waals surface area contributed by atoms with E-state index >= 15 is 0 Å². The smallest absolute Gasteiger partial charge is 0.312 e. The highest BCUT2D eigenvalue weighted by molar-refractivity contribution is 5.79. The van der Waals surface area contributed by atoms with Gasteiger partial charge in [0.05, 0.1) is 25.0 Å². The first-order chi connectivity index (χ1) is 16.1. The Balaban J connectivity index is 3.65. The SMILES string of the molecule is CCC(C)C1(CC)CCC1(CC(CC)(CC)C(CC)(CC)C(C)C(=O)OCCOC)C(=O)OC. The van der Waals surface area contributed by atoms with Gasteiger partial charge in [0.2, 0.25) is 0 Å². The standard InChI is InChI=1S/C29H54O5/c1-11-22(7)28(16-6)17-18-29(28,25(31)33-10)21-26(12-2,13-3)27(14-4,15-5)23(8)24(30)34-20-19-32-9/h22-23H,11-21H2,1-10H3. The van der Waals surface area contributed by atoms with Crippen LogP contribution in [0.15, 0.2) is 0 Å². The summed E-state index contributed by atoms with van der Waals surface area (Å²) in [6, 6.07) is 0. The van der Waals surface area contributed by atoms with E-state index in [1.54, 1.807) is 14.2 Å². The molecule has 0 aromatic rings. The van der Waals surface area contributed by atoms with Gasteiger partial charge in [-0.05, 0) is 73.5 Å². The molecule has 4 atom stereocenters. The minimum atomic E-state index is -0.507. The van der Waals surface area contributed by atoms with E-state index in [2.05, 4.69) is 48.5 Å². The van der Waals surface area contributed by atoms with Gasteiger partial charge in [0, 0.05) is 7.11 Å². The Hall–Kier alpha value is -1.10. The fourth-order valence-electron chi connectivity index (χ4n) is 8.16. The Morgan fingerprint density at radius 1 is 0.882 bits per heavy atom. The third kappa shape index (κ3) is 4.80. The molecule has 0 bridgehead atoms. The molecule has 1 fully saturated rings. The van der Waals surface area contributed by atoms with Crippen LogP contribution < -0.4 is 0 Å². The van der Waals surface area contributed by atoms with Crippen molar-refractivity contribution in [3.8, 4) is 0 Å². The first-order valence-electron chi connectivity index (χ1n) is 13.8. The zero-order valence-electron chi connectivity index (χ0n) is 24.0. The largest absolute Gasteiger partial charge is 0.469 e. The van der Waals surface area contributed by atoms with Gasteiger partial charge in [0.25, 0.3) is 0 Å². The number of methoxy groups -OCH3 is 2. The van der Waals surface area contributed by atoms with Crippen molar-refractivity contribution in [2.45, 2.75) is 113 Å². The lowest BCUT2D eigenvalue weighted by molar-refractivity contribution is -0.210. The van der Waals surface area contributed by atoms with Gasteiger partial charge >= 0.3 is 11.9 Å². The summed E-state index contributed by atoms with van der Waals surface area (Å²) in [5.41, 5.74) is -1.02. The minimum absolute atomic E-state index is 0.0522. The topological polar surface area (TPSA) is 61.8 Å². The Kier molecular flexibility index (Phi) is 11.6. The number of carbonyl (C=O) groups is 2. The number of ether oxygens (including phenoxy) is 3. The molecule has 1 saturated carbocycles. The van der Waals surface area contributed by atoms with Gasteiger partial charge in [-0.3, -0.25) is 9.59 Å². The summed E-state index contributed by atoms with van der Waals surface area (Å²) in [4.78, 5) is 26.9. The molecule has 1 aliphatic rings. The molecular weight excluding hydrogens is 428 g/mol. The lowest BCUT2D eigenvalue weighted by Crippen LogP contribution is -2.63. The van der Waals surface area contributed by atoms with Crippen molar-refractivity contribution in [1.29, 1.82) is 0 Å². The second kappa shape index (κ2) is 12.7. The maximum atomic E-state index is 13.7. The van der Waals surface area contributed by atoms with E-state index < -0.39 is 5.41 Å². The van der Waals surface area contributed by atoms with Crippen molar-refractivity contribution < 1.29 is 23.8 Å². The van der Waals surface area contributed by atoms with Crippen molar-refractivity contribution in [2.75, 3.05) is 27.4 Å². The molecule has 5 heteroatoms. The summed E-state index contributed by atoms with van der Waals surface area (Å²) < 4.78 is 16.3. The van der Waals surface area contributed by atoms with Crippen molar-refractivity contribution in [3.05, 3.63) is 0 Å². The average molecular weight is 483 g/mol. The maximum Gasteiger partial charge on any atom is 0.312 e. The number of hydrogen-bond donors (Lipinski definition) is 0. The van der Waals surface area contributed by atoms with E-state index in [4.69, 9.17) is 14.2 Å². The van der Waals surface area contributed by atoms with Gasteiger partial charge in [-0.1, -0.05) is 61.8 Å². The fraction of sp³-hybridized carbons (Fsp3) is 0.931. The Morgan fingerprint density at radius 2 is 1.47 bits per heavy atom. The highest BCUT2D eigenvalue weighted by atomic mass is 16.6. The maximum absolute atomic E-state index is 13.7. The first kappa shape index (κ1) is 30.9. The Labute approximate surface area is 210 Å². The molecule has 4 unspecified atom stereocenters. The van der Waals surface area contributed by atoms with Crippen molar-refractivity contribution in [2.24, 2.45) is 33.5 Å². The van der Waals surface area contributed by atoms with Gasteiger partial charge in [0.15, 0.2) is 0 Å². The monoisotopic (exact) mass is 482 g/mol. The average Bonchev–Trinajstić information content (AvgIpc) is 2.85. The summed E-state index contributed by atoms with van der Waals surface area (Å²) in [6.07, 6.45) is 8.30. The highest BCUT2D eigenvalue weighted by Crippen LogP contribution is 2.71. The Morgan fingerprint density at radius 3 is 1.82 bits per heavy atom. The molecule has 0 saturated heterocycles. The van der Waals surface area contributed by atoms with Crippen LogP contribution in [0.2, 0.25) is 0 Å². The van der Waals surface area contributed by atoms with E-state index in [-0.39, 0.29) is 40.7 Å². The van der Waals surface area contributed by atoms with Crippen molar-refractivity contribution in [1.82, 2.24) is 0 Å². The number of rotatable bonds is 16. The highest BCUT2D eigenvalue weighted by Gasteiger charge is 2.68. The second-order valence-electron chi connectivity index (χ2n) is 10.8. The number of hydrogen-bond acceptors (Lipinski definition) is 5. The molecule has 0 aromatic carbocycles. The third-order valence-electron chi connectivity index (χ3n) is 10.7. The zero-order chi connectivity index (χ0) is 26.2. The van der Waals surface area contributed by atoms with E-state index in [0.717, 1.165) is 57.8 Å². The van der Waals surface area contributed by atoms with E-state index in [0.29, 0.717) is 12.5 Å². The summed E-state index contributed by atoms with van der Waals surface area (Å²) in [7, 11) is 3.16. The predicted octanol–water partition coefficient (Wildman–Crippen LogP) is 7.21. The Bertz CT molecular complexity index is 647. The summed E-state index contributed by atoms with van der Waals surface area (Å²) in [5, 5.41) is 0. The molecular formula is C29H54O5. The molecule has 1 aliphatic carbocycles. The molecule has 0 N–H and O–H groups in total.